The van der Waals surface area contributed by atoms with Crippen molar-refractivity contribution in [3.05, 3.63) is 65.5 Å². The van der Waals surface area contributed by atoms with E-state index in [1.54, 1.807) is 6.92 Å². The molecule has 0 aromatic heterocycles. The first-order valence-electron chi connectivity index (χ1n) is 11.1. The van der Waals surface area contributed by atoms with Crippen molar-refractivity contribution in [2.45, 2.75) is 51.7 Å². The first kappa shape index (κ1) is 24.2. The lowest BCUT2D eigenvalue weighted by Crippen LogP contribution is -2.49. The third kappa shape index (κ3) is 6.29. The SMILES string of the molecule is CCC(C(=O)NCc1ccccc1CN1CCCCC1)N(c1ccc(F)cc1)S(C)(=O)=O. The summed E-state index contributed by atoms with van der Waals surface area (Å²) in [7, 11) is -3.75. The molecular formula is C24H32FN3O3S. The lowest BCUT2D eigenvalue weighted by atomic mass is 10.0. The van der Waals surface area contributed by atoms with E-state index >= 15 is 0 Å². The van der Waals surface area contributed by atoms with Crippen LogP contribution in [0.5, 0.6) is 0 Å². The van der Waals surface area contributed by atoms with Gasteiger partial charge in [-0.1, -0.05) is 37.6 Å². The van der Waals surface area contributed by atoms with Crippen molar-refractivity contribution in [2.24, 2.45) is 0 Å². The van der Waals surface area contributed by atoms with Crippen LogP contribution >= 0.6 is 0 Å². The van der Waals surface area contributed by atoms with E-state index in [0.717, 1.165) is 35.8 Å². The quantitative estimate of drug-likeness (QED) is 0.619. The van der Waals surface area contributed by atoms with Gasteiger partial charge in [-0.3, -0.25) is 14.0 Å². The zero-order chi connectivity index (χ0) is 23.1. The third-order valence-corrected chi connectivity index (χ3v) is 7.00. The summed E-state index contributed by atoms with van der Waals surface area (Å²) in [6.07, 6.45) is 5.03. The fourth-order valence-electron chi connectivity index (χ4n) is 4.19. The number of rotatable bonds is 9. The molecule has 1 heterocycles. The Kier molecular flexibility index (Phi) is 8.26. The van der Waals surface area contributed by atoms with E-state index < -0.39 is 21.9 Å². The molecule has 1 aliphatic heterocycles. The molecule has 0 bridgehead atoms. The highest BCUT2D eigenvalue weighted by molar-refractivity contribution is 7.92. The summed E-state index contributed by atoms with van der Waals surface area (Å²) in [6, 6.07) is 12.2. The summed E-state index contributed by atoms with van der Waals surface area (Å²) in [5, 5.41) is 2.92. The maximum absolute atomic E-state index is 13.4. The van der Waals surface area contributed by atoms with Crippen molar-refractivity contribution in [1.29, 1.82) is 0 Å². The van der Waals surface area contributed by atoms with Gasteiger partial charge in [0.2, 0.25) is 15.9 Å². The number of likely N-dealkylation sites (tertiary alicyclic amines) is 1. The van der Waals surface area contributed by atoms with E-state index in [1.807, 2.05) is 18.2 Å². The molecule has 2 aromatic rings. The number of amides is 1. The Labute approximate surface area is 190 Å². The number of sulfonamides is 1. The van der Waals surface area contributed by atoms with E-state index in [9.17, 15) is 17.6 Å². The summed E-state index contributed by atoms with van der Waals surface area (Å²) < 4.78 is 39.5. The standard InChI is InChI=1S/C24H32FN3O3S/c1-3-23(28(32(2,30)31)22-13-11-21(25)12-14-22)24(29)26-17-19-9-5-6-10-20(19)18-27-15-7-4-8-16-27/h5-6,9-14,23H,3-4,7-8,15-18H2,1-2H3,(H,26,29). The van der Waals surface area contributed by atoms with Gasteiger partial charge in [0.1, 0.15) is 11.9 Å². The average molecular weight is 462 g/mol. The van der Waals surface area contributed by atoms with Crippen molar-refractivity contribution in [3.63, 3.8) is 0 Å². The van der Waals surface area contributed by atoms with Crippen molar-refractivity contribution in [3.8, 4) is 0 Å². The molecule has 0 saturated carbocycles. The number of hydrogen-bond acceptors (Lipinski definition) is 4. The van der Waals surface area contributed by atoms with E-state index in [4.69, 9.17) is 0 Å². The van der Waals surface area contributed by atoms with Gasteiger partial charge in [0.05, 0.1) is 11.9 Å². The van der Waals surface area contributed by atoms with Crippen LogP contribution in [-0.4, -0.2) is 44.6 Å². The van der Waals surface area contributed by atoms with Crippen LogP contribution in [0.2, 0.25) is 0 Å². The van der Waals surface area contributed by atoms with Crippen LogP contribution < -0.4 is 9.62 Å². The normalized spacial score (nSPS) is 15.8. The molecule has 1 N–H and O–H groups in total. The molecule has 1 unspecified atom stereocenters. The van der Waals surface area contributed by atoms with Gasteiger partial charge < -0.3 is 5.32 Å². The molecule has 8 heteroatoms. The molecule has 1 atom stereocenters. The molecule has 174 valence electrons. The van der Waals surface area contributed by atoms with Gasteiger partial charge in [-0.15, -0.1) is 0 Å². The van der Waals surface area contributed by atoms with Gasteiger partial charge in [-0.05, 0) is 67.7 Å². The highest BCUT2D eigenvalue weighted by atomic mass is 32.2. The number of nitrogens with one attached hydrogen (secondary N) is 1. The summed E-state index contributed by atoms with van der Waals surface area (Å²) in [4.78, 5) is 15.5. The second-order valence-electron chi connectivity index (χ2n) is 8.28. The van der Waals surface area contributed by atoms with Crippen molar-refractivity contribution < 1.29 is 17.6 Å². The largest absolute Gasteiger partial charge is 0.350 e. The van der Waals surface area contributed by atoms with Crippen molar-refractivity contribution in [1.82, 2.24) is 10.2 Å². The van der Waals surface area contributed by atoms with Gasteiger partial charge in [-0.25, -0.2) is 12.8 Å². The fourth-order valence-corrected chi connectivity index (χ4v) is 5.40. The van der Waals surface area contributed by atoms with E-state index in [2.05, 4.69) is 16.3 Å². The van der Waals surface area contributed by atoms with Crippen LogP contribution in [0.4, 0.5) is 10.1 Å². The topological polar surface area (TPSA) is 69.7 Å². The average Bonchev–Trinajstić information content (AvgIpc) is 2.77. The molecule has 3 rings (SSSR count). The highest BCUT2D eigenvalue weighted by Gasteiger charge is 2.31. The minimum atomic E-state index is -3.75. The van der Waals surface area contributed by atoms with Crippen LogP contribution in [0.25, 0.3) is 0 Å². The number of anilines is 1. The van der Waals surface area contributed by atoms with Gasteiger partial charge >= 0.3 is 0 Å². The zero-order valence-electron chi connectivity index (χ0n) is 18.8. The van der Waals surface area contributed by atoms with Crippen LogP contribution in [-0.2, 0) is 27.9 Å². The monoisotopic (exact) mass is 461 g/mol. The fraction of sp³-hybridized carbons (Fsp3) is 0.458. The van der Waals surface area contributed by atoms with Crippen molar-refractivity contribution in [2.75, 3.05) is 23.7 Å². The number of carbonyl (C=O) groups is 1. The zero-order valence-corrected chi connectivity index (χ0v) is 19.6. The first-order chi connectivity index (χ1) is 15.3. The van der Waals surface area contributed by atoms with Crippen LogP contribution in [0.3, 0.4) is 0 Å². The molecule has 0 spiro atoms. The number of hydrogen-bond donors (Lipinski definition) is 1. The van der Waals surface area contributed by atoms with E-state index in [-0.39, 0.29) is 18.0 Å². The predicted octanol–water partition coefficient (Wildman–Crippen LogP) is 3.67. The molecule has 6 nitrogen and oxygen atoms in total. The number of nitrogens with zero attached hydrogens (tertiary/aromatic N) is 2. The van der Waals surface area contributed by atoms with Crippen LogP contribution in [0.15, 0.2) is 48.5 Å². The summed E-state index contributed by atoms with van der Waals surface area (Å²) >= 11 is 0. The Bertz CT molecular complexity index is 1010. The second kappa shape index (κ2) is 10.9. The number of benzene rings is 2. The highest BCUT2D eigenvalue weighted by Crippen LogP contribution is 2.23. The second-order valence-corrected chi connectivity index (χ2v) is 10.1. The summed E-state index contributed by atoms with van der Waals surface area (Å²) in [6.45, 7) is 5.09. The number of halogens is 1. The number of piperidine rings is 1. The maximum atomic E-state index is 13.4. The summed E-state index contributed by atoms with van der Waals surface area (Å²) in [5.41, 5.74) is 2.46. The molecule has 0 radical (unpaired) electrons. The lowest BCUT2D eigenvalue weighted by Gasteiger charge is -2.30. The molecule has 2 aromatic carbocycles. The first-order valence-corrected chi connectivity index (χ1v) is 13.0. The Morgan fingerprint density at radius 2 is 1.69 bits per heavy atom. The Hall–Kier alpha value is -2.45. The summed E-state index contributed by atoms with van der Waals surface area (Å²) in [5.74, 6) is -0.847. The van der Waals surface area contributed by atoms with Gasteiger partial charge in [-0.2, -0.15) is 0 Å². The van der Waals surface area contributed by atoms with Crippen LogP contribution in [0, 0.1) is 5.82 Å². The Balaban J connectivity index is 1.74. The molecule has 1 saturated heterocycles. The molecular weight excluding hydrogens is 429 g/mol. The molecule has 0 aliphatic carbocycles. The number of carbonyl (C=O) groups excluding carboxylic acids is 1. The minimum absolute atomic E-state index is 0.265. The van der Waals surface area contributed by atoms with E-state index in [1.165, 1.54) is 49.1 Å². The molecule has 1 amide bonds. The van der Waals surface area contributed by atoms with Crippen LogP contribution in [0.1, 0.15) is 43.7 Å². The third-order valence-electron chi connectivity index (χ3n) is 5.82. The molecule has 32 heavy (non-hydrogen) atoms. The van der Waals surface area contributed by atoms with Crippen molar-refractivity contribution >= 4 is 21.6 Å². The minimum Gasteiger partial charge on any atom is -0.350 e. The Morgan fingerprint density at radius 1 is 1.06 bits per heavy atom. The maximum Gasteiger partial charge on any atom is 0.244 e. The predicted molar refractivity (Wildman–Crippen MR) is 125 cm³/mol. The Morgan fingerprint density at radius 3 is 2.28 bits per heavy atom. The van der Waals surface area contributed by atoms with Gasteiger partial charge in [0.25, 0.3) is 0 Å². The lowest BCUT2D eigenvalue weighted by molar-refractivity contribution is -0.122. The molecule has 1 fully saturated rings. The van der Waals surface area contributed by atoms with Gasteiger partial charge in [0, 0.05) is 13.1 Å². The molecule has 1 aliphatic rings. The van der Waals surface area contributed by atoms with Gasteiger partial charge in [0.15, 0.2) is 0 Å². The smallest absolute Gasteiger partial charge is 0.244 e. The van der Waals surface area contributed by atoms with E-state index in [0.29, 0.717) is 6.54 Å².